The fourth-order valence-electron chi connectivity index (χ4n) is 2.61. The largest absolute Gasteiger partial charge is 1.00 e. The molecule has 0 aliphatic heterocycles. The molecule has 4 heteroatoms. The average Bonchev–Trinajstić information content (AvgIpc) is 2.57. The van der Waals surface area contributed by atoms with E-state index in [4.69, 9.17) is 0 Å². The first-order valence-corrected chi connectivity index (χ1v) is 7.42. The number of nitrogens with zero attached hydrogens (tertiary/aromatic N) is 2. The Bertz CT molecular complexity index is 835. The lowest BCUT2D eigenvalue weighted by Gasteiger charge is -1.93. The van der Waals surface area contributed by atoms with E-state index in [0.717, 1.165) is 0 Å². The van der Waals surface area contributed by atoms with Crippen LogP contribution in [-0.2, 0) is 14.1 Å². The average molecular weight is 359 g/mol. The Morgan fingerprint density at radius 2 is 0.833 bits per heavy atom. The second kappa shape index (κ2) is 9.21. The van der Waals surface area contributed by atoms with E-state index in [9.17, 15) is 0 Å². The number of hydrogen-bond donors (Lipinski definition) is 0. The van der Waals surface area contributed by atoms with Crippen molar-refractivity contribution >= 4 is 21.8 Å². The number of halogens is 2. The van der Waals surface area contributed by atoms with E-state index >= 15 is 0 Å². The van der Waals surface area contributed by atoms with Crippen molar-refractivity contribution in [2.24, 2.45) is 14.1 Å². The van der Waals surface area contributed by atoms with Gasteiger partial charge >= 0.3 is 0 Å². The van der Waals surface area contributed by atoms with Gasteiger partial charge in [-0.3, -0.25) is 0 Å². The Balaban J connectivity index is 0.000000222. The quantitative estimate of drug-likeness (QED) is 0.303. The van der Waals surface area contributed by atoms with E-state index < -0.39 is 0 Å². The van der Waals surface area contributed by atoms with E-state index in [-0.39, 0.29) is 24.8 Å². The third-order valence-electron chi connectivity index (χ3n) is 3.80. The zero-order valence-corrected chi connectivity index (χ0v) is 15.2. The summed E-state index contributed by atoms with van der Waals surface area (Å²) in [4.78, 5) is 0. The number of aromatic nitrogens is 2. The predicted octanol–water partition coefficient (Wildman–Crippen LogP) is -2.66. The van der Waals surface area contributed by atoms with Gasteiger partial charge in [-0.2, -0.15) is 0 Å². The summed E-state index contributed by atoms with van der Waals surface area (Å²) in [7, 11) is 4.12. The van der Waals surface area contributed by atoms with Crippen LogP contribution in [-0.4, -0.2) is 0 Å². The molecule has 2 heterocycles. The molecule has 0 spiro atoms. The molecule has 0 N–H and O–H groups in total. The van der Waals surface area contributed by atoms with Gasteiger partial charge in [-0.15, -0.1) is 0 Å². The van der Waals surface area contributed by atoms with Crippen LogP contribution in [0.3, 0.4) is 0 Å². The Morgan fingerprint density at radius 3 is 1.21 bits per heavy atom. The van der Waals surface area contributed by atoms with E-state index in [2.05, 4.69) is 108 Å². The molecule has 2 aromatic heterocycles. The molecule has 0 atom stereocenters. The molecule has 0 aliphatic carbocycles. The number of aryl methyl sites for hydroxylation is 2. The summed E-state index contributed by atoms with van der Waals surface area (Å²) in [5, 5.41) is 2.58. The molecule has 0 unspecified atom stereocenters. The van der Waals surface area contributed by atoms with Crippen molar-refractivity contribution in [3.8, 4) is 0 Å². The van der Waals surface area contributed by atoms with E-state index in [1.54, 1.807) is 0 Å². The predicted molar refractivity (Wildman–Crippen MR) is 90.2 cm³/mol. The SMILES string of the molecule is C[n+]1cccc2ccccc21.C[n+]1cccc2ccccc21.[Cl-].[Cl-]. The maximum Gasteiger partial charge on any atom is 0.212 e. The third-order valence-corrected chi connectivity index (χ3v) is 3.80. The van der Waals surface area contributed by atoms with E-state index in [1.165, 1.54) is 21.8 Å². The molecule has 0 saturated carbocycles. The van der Waals surface area contributed by atoms with Crippen LogP contribution in [0.15, 0.2) is 85.2 Å². The minimum Gasteiger partial charge on any atom is -1.00 e. The van der Waals surface area contributed by atoms with Crippen molar-refractivity contribution < 1.29 is 33.9 Å². The van der Waals surface area contributed by atoms with Crippen LogP contribution in [0.4, 0.5) is 0 Å². The topological polar surface area (TPSA) is 7.76 Å². The van der Waals surface area contributed by atoms with Crippen molar-refractivity contribution in [1.82, 2.24) is 0 Å². The zero-order chi connectivity index (χ0) is 15.4. The Hall–Kier alpha value is -2.16. The van der Waals surface area contributed by atoms with Gasteiger partial charge in [-0.05, 0) is 24.3 Å². The zero-order valence-electron chi connectivity index (χ0n) is 13.7. The van der Waals surface area contributed by atoms with Crippen LogP contribution < -0.4 is 33.9 Å². The number of pyridine rings is 2. The Kier molecular flexibility index (Phi) is 7.63. The lowest BCUT2D eigenvalue weighted by molar-refractivity contribution is -0.645. The normalized spacial score (nSPS) is 9.42. The molecule has 0 fully saturated rings. The van der Waals surface area contributed by atoms with Gasteiger partial charge in [0.05, 0.1) is 0 Å². The Morgan fingerprint density at radius 1 is 0.500 bits per heavy atom. The molecular weight excluding hydrogens is 339 g/mol. The van der Waals surface area contributed by atoms with Crippen molar-refractivity contribution in [2.45, 2.75) is 0 Å². The van der Waals surface area contributed by atoms with E-state index in [1.807, 2.05) is 0 Å². The number of hydrogen-bond acceptors (Lipinski definition) is 0. The van der Waals surface area contributed by atoms with Gasteiger partial charge in [-0.1, -0.05) is 24.3 Å². The standard InChI is InChI=1S/2C10H10N.2ClH/c2*1-11-8-4-6-9-5-2-3-7-10(9)11;;/h2*2-8H,1H3;2*1H/q2*+1;;/p-2. The highest BCUT2D eigenvalue weighted by Crippen LogP contribution is 2.07. The molecule has 4 rings (SSSR count). The highest BCUT2D eigenvalue weighted by Gasteiger charge is 2.00. The van der Waals surface area contributed by atoms with Gasteiger partial charge < -0.3 is 24.8 Å². The van der Waals surface area contributed by atoms with Gasteiger partial charge in [-0.25, -0.2) is 9.13 Å². The lowest BCUT2D eigenvalue weighted by atomic mass is 10.2. The summed E-state index contributed by atoms with van der Waals surface area (Å²) < 4.78 is 4.24. The highest BCUT2D eigenvalue weighted by molar-refractivity contribution is 5.75. The number of para-hydroxylation sites is 2. The van der Waals surface area contributed by atoms with Gasteiger partial charge in [0, 0.05) is 35.0 Å². The summed E-state index contributed by atoms with van der Waals surface area (Å²) in [6, 6.07) is 25.1. The summed E-state index contributed by atoms with van der Waals surface area (Å²) in [5.41, 5.74) is 2.55. The molecule has 124 valence electrons. The molecule has 2 aromatic carbocycles. The molecule has 2 nitrogen and oxygen atoms in total. The maximum absolute atomic E-state index is 2.12. The molecule has 0 aliphatic rings. The first kappa shape index (κ1) is 19.9. The van der Waals surface area contributed by atoms with Crippen LogP contribution in [0.1, 0.15) is 0 Å². The fourth-order valence-corrected chi connectivity index (χ4v) is 2.61. The van der Waals surface area contributed by atoms with Gasteiger partial charge in [0.1, 0.15) is 14.1 Å². The number of rotatable bonds is 0. The number of fused-ring (bicyclic) bond motifs is 2. The molecule has 24 heavy (non-hydrogen) atoms. The van der Waals surface area contributed by atoms with Crippen LogP contribution in [0.2, 0.25) is 0 Å². The van der Waals surface area contributed by atoms with Gasteiger partial charge in [0.2, 0.25) is 11.0 Å². The van der Waals surface area contributed by atoms with Gasteiger partial charge in [0.25, 0.3) is 0 Å². The van der Waals surface area contributed by atoms with Crippen molar-refractivity contribution in [3.05, 3.63) is 85.2 Å². The first-order valence-electron chi connectivity index (χ1n) is 7.42. The minimum absolute atomic E-state index is 0. The Labute approximate surface area is 155 Å². The summed E-state index contributed by atoms with van der Waals surface area (Å²) >= 11 is 0. The second-order valence-corrected chi connectivity index (χ2v) is 5.36. The summed E-state index contributed by atoms with van der Waals surface area (Å²) in [6.45, 7) is 0. The molecule has 0 saturated heterocycles. The van der Waals surface area contributed by atoms with E-state index in [0.29, 0.717) is 0 Å². The van der Waals surface area contributed by atoms with Crippen molar-refractivity contribution in [1.29, 1.82) is 0 Å². The van der Waals surface area contributed by atoms with Crippen molar-refractivity contribution in [2.75, 3.05) is 0 Å². The molecular formula is C20H20Cl2N2. The van der Waals surface area contributed by atoms with Crippen molar-refractivity contribution in [3.63, 3.8) is 0 Å². The maximum atomic E-state index is 2.12. The second-order valence-electron chi connectivity index (χ2n) is 5.36. The van der Waals surface area contributed by atoms with Crippen LogP contribution in [0.25, 0.3) is 21.8 Å². The summed E-state index contributed by atoms with van der Waals surface area (Å²) in [5.74, 6) is 0. The third kappa shape index (κ3) is 4.44. The molecule has 0 radical (unpaired) electrons. The molecule has 0 bridgehead atoms. The monoisotopic (exact) mass is 358 g/mol. The molecule has 4 aromatic rings. The van der Waals surface area contributed by atoms with Gasteiger partial charge in [0.15, 0.2) is 12.4 Å². The smallest absolute Gasteiger partial charge is 0.212 e. The molecule has 0 amide bonds. The fraction of sp³-hybridized carbons (Fsp3) is 0.100. The van der Waals surface area contributed by atoms with Crippen LogP contribution >= 0.6 is 0 Å². The lowest BCUT2D eigenvalue weighted by Crippen LogP contribution is -3.00. The van der Waals surface area contributed by atoms with Crippen LogP contribution in [0, 0.1) is 0 Å². The van der Waals surface area contributed by atoms with Crippen LogP contribution in [0.5, 0.6) is 0 Å². The minimum atomic E-state index is 0. The number of benzene rings is 2. The first-order chi connectivity index (χ1) is 10.8. The summed E-state index contributed by atoms with van der Waals surface area (Å²) in [6.07, 6.45) is 4.12. The highest BCUT2D eigenvalue weighted by atomic mass is 35.5.